The van der Waals surface area contributed by atoms with Crippen LogP contribution in [-0.2, 0) is 15.7 Å². The molecule has 2 rings (SSSR count). The molecule has 1 saturated heterocycles. The van der Waals surface area contributed by atoms with E-state index < -0.39 is 24.1 Å². The van der Waals surface area contributed by atoms with Gasteiger partial charge in [-0.3, -0.25) is 4.98 Å². The number of aliphatic hydroxyl groups excluding tert-OH is 2. The Balaban J connectivity index is 0.000000243. The smallest absolute Gasteiger partial charge is 0.390 e. The zero-order chi connectivity index (χ0) is 18.3. The van der Waals surface area contributed by atoms with E-state index in [0.29, 0.717) is 25.8 Å². The van der Waals surface area contributed by atoms with E-state index in [1.54, 1.807) is 0 Å². The van der Waals surface area contributed by atoms with Crippen molar-refractivity contribution < 1.29 is 32.9 Å². The Morgan fingerprint density at radius 3 is 2.50 bits per heavy atom. The molecule has 0 aliphatic carbocycles. The van der Waals surface area contributed by atoms with Crippen molar-refractivity contribution in [2.24, 2.45) is 0 Å². The number of aromatic nitrogens is 2. The Morgan fingerprint density at radius 2 is 2.00 bits per heavy atom. The molecule has 0 bridgehead atoms. The van der Waals surface area contributed by atoms with E-state index in [4.69, 9.17) is 9.47 Å². The number of ether oxygens (including phenoxy) is 2. The minimum Gasteiger partial charge on any atom is -0.390 e. The van der Waals surface area contributed by atoms with Crippen molar-refractivity contribution in [2.75, 3.05) is 13.2 Å². The molecule has 2 heterocycles. The highest BCUT2D eigenvalue weighted by molar-refractivity contribution is 5.04. The van der Waals surface area contributed by atoms with E-state index in [-0.39, 0.29) is 17.9 Å². The normalized spacial score (nSPS) is 24.5. The SMILES string of the molecule is CC(C)OCC1OCCC(O)C1O.Cc1cncc(C(F)(F)F)n1. The van der Waals surface area contributed by atoms with Crippen LogP contribution in [0.3, 0.4) is 0 Å². The second kappa shape index (κ2) is 9.26. The molecule has 138 valence electrons. The molecule has 1 aromatic rings. The van der Waals surface area contributed by atoms with Crippen LogP contribution < -0.4 is 0 Å². The van der Waals surface area contributed by atoms with E-state index in [1.807, 2.05) is 13.8 Å². The topological polar surface area (TPSA) is 84.7 Å². The lowest BCUT2D eigenvalue weighted by Crippen LogP contribution is -2.47. The molecule has 6 nitrogen and oxygen atoms in total. The third-order valence-corrected chi connectivity index (χ3v) is 3.16. The molecule has 0 spiro atoms. The summed E-state index contributed by atoms with van der Waals surface area (Å²) in [5.41, 5.74) is -0.683. The fraction of sp³-hybridized carbons (Fsp3) is 0.733. The summed E-state index contributed by atoms with van der Waals surface area (Å²) in [4.78, 5) is 6.63. The van der Waals surface area contributed by atoms with E-state index >= 15 is 0 Å². The lowest BCUT2D eigenvalue weighted by Gasteiger charge is -2.32. The zero-order valence-electron chi connectivity index (χ0n) is 13.8. The first-order valence-corrected chi connectivity index (χ1v) is 7.56. The molecule has 0 amide bonds. The highest BCUT2D eigenvalue weighted by Crippen LogP contribution is 2.26. The third-order valence-electron chi connectivity index (χ3n) is 3.16. The van der Waals surface area contributed by atoms with Crippen LogP contribution in [0.15, 0.2) is 12.4 Å². The van der Waals surface area contributed by atoms with Gasteiger partial charge in [-0.1, -0.05) is 0 Å². The minimum atomic E-state index is -4.39. The maximum absolute atomic E-state index is 11.9. The summed E-state index contributed by atoms with van der Waals surface area (Å²) in [6.45, 7) is 6.14. The molecule has 0 radical (unpaired) electrons. The van der Waals surface area contributed by atoms with Gasteiger partial charge in [0.1, 0.15) is 12.2 Å². The average molecular weight is 352 g/mol. The standard InChI is InChI=1S/C9H18O4.C6H5F3N2/c1-6(2)13-5-8-9(11)7(10)3-4-12-8;1-4-2-10-3-5(11-4)6(7,8)9/h6-11H,3-5H2,1-2H3;2-3H,1H3. The van der Waals surface area contributed by atoms with Crippen molar-refractivity contribution in [1.29, 1.82) is 0 Å². The van der Waals surface area contributed by atoms with Crippen LogP contribution in [0.5, 0.6) is 0 Å². The van der Waals surface area contributed by atoms with Gasteiger partial charge in [0.25, 0.3) is 0 Å². The first-order valence-electron chi connectivity index (χ1n) is 7.56. The number of halogens is 3. The van der Waals surface area contributed by atoms with E-state index in [2.05, 4.69) is 9.97 Å². The number of aliphatic hydroxyl groups is 2. The third kappa shape index (κ3) is 7.08. The van der Waals surface area contributed by atoms with Crippen molar-refractivity contribution in [3.05, 3.63) is 23.8 Å². The van der Waals surface area contributed by atoms with Crippen LogP contribution in [0.25, 0.3) is 0 Å². The maximum Gasteiger partial charge on any atom is 0.434 e. The van der Waals surface area contributed by atoms with Crippen LogP contribution in [0.2, 0.25) is 0 Å². The highest BCUT2D eigenvalue weighted by atomic mass is 19.4. The van der Waals surface area contributed by atoms with Gasteiger partial charge in [-0.15, -0.1) is 0 Å². The Morgan fingerprint density at radius 1 is 1.33 bits per heavy atom. The second-order valence-corrected chi connectivity index (χ2v) is 5.68. The molecule has 3 atom stereocenters. The van der Waals surface area contributed by atoms with Gasteiger partial charge in [0.15, 0.2) is 5.69 Å². The number of hydrogen-bond acceptors (Lipinski definition) is 6. The lowest BCUT2D eigenvalue weighted by atomic mass is 10.0. The van der Waals surface area contributed by atoms with Gasteiger partial charge in [0, 0.05) is 12.8 Å². The number of alkyl halides is 3. The Bertz CT molecular complexity index is 500. The molecule has 3 unspecified atom stereocenters. The highest BCUT2D eigenvalue weighted by Gasteiger charge is 2.33. The Kier molecular flexibility index (Phi) is 8.01. The molecular formula is C15H23F3N2O4. The summed E-state index contributed by atoms with van der Waals surface area (Å²) in [5, 5.41) is 18.8. The first kappa shape index (κ1) is 20.8. The van der Waals surface area contributed by atoms with Crippen LogP contribution in [0, 0.1) is 6.92 Å². The van der Waals surface area contributed by atoms with Gasteiger partial charge in [0.2, 0.25) is 0 Å². The predicted octanol–water partition coefficient (Wildman–Crippen LogP) is 1.73. The van der Waals surface area contributed by atoms with Crippen LogP contribution in [-0.4, -0.2) is 57.8 Å². The van der Waals surface area contributed by atoms with Gasteiger partial charge < -0.3 is 19.7 Å². The Labute approximate surface area is 138 Å². The summed E-state index contributed by atoms with van der Waals surface area (Å²) < 4.78 is 46.2. The monoisotopic (exact) mass is 352 g/mol. The van der Waals surface area contributed by atoms with Crippen molar-refractivity contribution in [2.45, 2.75) is 57.8 Å². The number of nitrogens with zero attached hydrogens (tertiary/aromatic N) is 2. The van der Waals surface area contributed by atoms with Crippen molar-refractivity contribution in [1.82, 2.24) is 9.97 Å². The van der Waals surface area contributed by atoms with E-state index in [1.165, 1.54) is 13.1 Å². The molecule has 2 N–H and O–H groups in total. The van der Waals surface area contributed by atoms with Gasteiger partial charge in [-0.05, 0) is 27.2 Å². The second-order valence-electron chi connectivity index (χ2n) is 5.68. The summed E-state index contributed by atoms with van der Waals surface area (Å²) in [6.07, 6.45) is -3.66. The molecule has 1 aliphatic heterocycles. The quantitative estimate of drug-likeness (QED) is 0.862. The van der Waals surface area contributed by atoms with Gasteiger partial charge >= 0.3 is 6.18 Å². The van der Waals surface area contributed by atoms with Crippen LogP contribution in [0.1, 0.15) is 31.7 Å². The number of rotatable bonds is 3. The molecule has 1 aromatic heterocycles. The fourth-order valence-corrected chi connectivity index (χ4v) is 1.89. The van der Waals surface area contributed by atoms with Crippen LogP contribution >= 0.6 is 0 Å². The van der Waals surface area contributed by atoms with Crippen LogP contribution in [0.4, 0.5) is 13.2 Å². The summed E-state index contributed by atoms with van der Waals surface area (Å²) >= 11 is 0. The van der Waals surface area contributed by atoms with E-state index in [9.17, 15) is 23.4 Å². The number of hydrogen-bond donors (Lipinski definition) is 2. The molecule has 9 heteroatoms. The fourth-order valence-electron chi connectivity index (χ4n) is 1.89. The van der Waals surface area contributed by atoms with Gasteiger partial charge in [0.05, 0.1) is 30.7 Å². The largest absolute Gasteiger partial charge is 0.434 e. The van der Waals surface area contributed by atoms with E-state index in [0.717, 1.165) is 0 Å². The van der Waals surface area contributed by atoms with Gasteiger partial charge in [-0.2, -0.15) is 13.2 Å². The average Bonchev–Trinajstić information content (AvgIpc) is 2.48. The molecular weight excluding hydrogens is 329 g/mol. The molecule has 1 aliphatic rings. The van der Waals surface area contributed by atoms with Gasteiger partial charge in [-0.25, -0.2) is 4.98 Å². The maximum atomic E-state index is 11.9. The molecule has 0 saturated carbocycles. The summed E-state index contributed by atoms with van der Waals surface area (Å²) in [5.74, 6) is 0. The Hall–Kier alpha value is -1.29. The number of aryl methyl sites for hydroxylation is 1. The van der Waals surface area contributed by atoms with Crippen molar-refractivity contribution in [3.63, 3.8) is 0 Å². The lowest BCUT2D eigenvalue weighted by molar-refractivity contribution is -0.159. The minimum absolute atomic E-state index is 0.120. The van der Waals surface area contributed by atoms with Crippen molar-refractivity contribution in [3.8, 4) is 0 Å². The molecule has 0 aromatic carbocycles. The summed E-state index contributed by atoms with van der Waals surface area (Å²) in [7, 11) is 0. The molecule has 1 fully saturated rings. The first-order chi connectivity index (χ1) is 11.1. The zero-order valence-corrected chi connectivity index (χ0v) is 13.8. The predicted molar refractivity (Wildman–Crippen MR) is 79.2 cm³/mol. The summed E-state index contributed by atoms with van der Waals surface area (Å²) in [6, 6.07) is 0. The molecule has 24 heavy (non-hydrogen) atoms. The van der Waals surface area contributed by atoms with Crippen molar-refractivity contribution >= 4 is 0 Å².